The third-order valence-electron chi connectivity index (χ3n) is 4.73. The summed E-state index contributed by atoms with van der Waals surface area (Å²) in [7, 11) is 0. The number of hydrogen-bond donors (Lipinski definition) is 1. The Labute approximate surface area is 159 Å². The summed E-state index contributed by atoms with van der Waals surface area (Å²) in [6, 6.07) is 13.7. The molecule has 2 aromatic carbocycles. The monoisotopic (exact) mass is 378 g/mol. The number of hydrogen-bond acceptors (Lipinski definition) is 2. The first-order valence-electron chi connectivity index (χ1n) is 8.71. The summed E-state index contributed by atoms with van der Waals surface area (Å²) >= 11 is 0. The molecule has 0 amide bonds. The van der Waals surface area contributed by atoms with E-state index in [4.69, 9.17) is 0 Å². The predicted molar refractivity (Wildman–Crippen MR) is 103 cm³/mol. The first-order valence-corrected chi connectivity index (χ1v) is 8.71. The van der Waals surface area contributed by atoms with Crippen molar-refractivity contribution in [1.82, 2.24) is 9.55 Å². The quantitative estimate of drug-likeness (QED) is 0.531. The molecule has 0 aliphatic rings. The van der Waals surface area contributed by atoms with E-state index in [1.165, 1.54) is 13.1 Å². The van der Waals surface area contributed by atoms with Gasteiger partial charge >= 0.3 is 0 Å². The number of aromatic amines is 1. The number of Topliss-reactive ketones (excluding diaryl/α,β-unsaturated/α-hetero) is 1. The maximum absolute atomic E-state index is 14.3. The van der Waals surface area contributed by atoms with Crippen molar-refractivity contribution in [3.05, 3.63) is 94.0 Å². The number of benzene rings is 2. The first kappa shape index (κ1) is 17.9. The zero-order chi connectivity index (χ0) is 19.8. The molecule has 0 saturated heterocycles. The van der Waals surface area contributed by atoms with Gasteiger partial charge in [0, 0.05) is 40.7 Å². The molecule has 4 aromatic rings. The molecule has 4 rings (SSSR count). The normalized spacial score (nSPS) is 11.1. The molecule has 140 valence electrons. The van der Waals surface area contributed by atoms with Crippen LogP contribution in [0, 0.1) is 11.6 Å². The number of para-hydroxylation sites is 1. The van der Waals surface area contributed by atoms with Gasteiger partial charge in [-0.2, -0.15) is 0 Å². The van der Waals surface area contributed by atoms with Crippen molar-refractivity contribution in [2.75, 3.05) is 0 Å². The Kier molecular flexibility index (Phi) is 4.39. The van der Waals surface area contributed by atoms with Gasteiger partial charge in [0.2, 0.25) is 0 Å². The van der Waals surface area contributed by atoms with E-state index in [9.17, 15) is 18.4 Å². The summed E-state index contributed by atoms with van der Waals surface area (Å²) in [5.74, 6) is -1.39. The van der Waals surface area contributed by atoms with E-state index in [2.05, 4.69) is 4.98 Å². The number of nitrogens with zero attached hydrogens (tertiary/aromatic N) is 1. The molecule has 2 aromatic heterocycles. The lowest BCUT2D eigenvalue weighted by molar-refractivity contribution is 0.101. The van der Waals surface area contributed by atoms with Crippen LogP contribution in [0.15, 0.2) is 65.6 Å². The van der Waals surface area contributed by atoms with Crippen molar-refractivity contribution >= 4 is 16.7 Å². The van der Waals surface area contributed by atoms with Crippen molar-refractivity contribution in [3.63, 3.8) is 0 Å². The zero-order valence-corrected chi connectivity index (χ0v) is 15.0. The molecule has 28 heavy (non-hydrogen) atoms. The Balaban J connectivity index is 2.06. The fraction of sp³-hybridized carbons (Fsp3) is 0.0909. The van der Waals surface area contributed by atoms with Crippen molar-refractivity contribution in [3.8, 4) is 11.1 Å². The van der Waals surface area contributed by atoms with E-state index >= 15 is 0 Å². The smallest absolute Gasteiger partial charge is 0.255 e. The van der Waals surface area contributed by atoms with Crippen molar-refractivity contribution in [1.29, 1.82) is 0 Å². The molecule has 0 saturated carbocycles. The SMILES string of the molecule is CC(=O)c1c(-c2ccc[nH]c2=O)c2ccccc2n1Cc1cc(F)ccc1F. The van der Waals surface area contributed by atoms with Gasteiger partial charge in [-0.1, -0.05) is 18.2 Å². The van der Waals surface area contributed by atoms with Crippen LogP contribution >= 0.6 is 0 Å². The van der Waals surface area contributed by atoms with E-state index in [0.29, 0.717) is 22.0 Å². The molecule has 2 heterocycles. The number of pyridine rings is 1. The molecular weight excluding hydrogens is 362 g/mol. The minimum absolute atomic E-state index is 0.0379. The second-order valence-corrected chi connectivity index (χ2v) is 6.53. The second-order valence-electron chi connectivity index (χ2n) is 6.53. The molecule has 0 fully saturated rings. The average molecular weight is 378 g/mol. The number of carbonyl (C=O) groups is 1. The Morgan fingerprint density at radius 3 is 2.61 bits per heavy atom. The van der Waals surface area contributed by atoms with Crippen LogP contribution in [0.2, 0.25) is 0 Å². The first-order chi connectivity index (χ1) is 13.5. The molecule has 1 N–H and O–H groups in total. The van der Waals surface area contributed by atoms with Gasteiger partial charge in [-0.3, -0.25) is 9.59 Å². The van der Waals surface area contributed by atoms with E-state index < -0.39 is 11.6 Å². The van der Waals surface area contributed by atoms with Crippen LogP contribution in [-0.4, -0.2) is 15.3 Å². The van der Waals surface area contributed by atoms with Crippen LogP contribution in [-0.2, 0) is 6.54 Å². The summed E-state index contributed by atoms with van der Waals surface area (Å²) in [6.07, 6.45) is 1.51. The van der Waals surface area contributed by atoms with Crippen LogP contribution in [0.3, 0.4) is 0 Å². The Bertz CT molecular complexity index is 1270. The lowest BCUT2D eigenvalue weighted by Crippen LogP contribution is -2.13. The number of H-pyrrole nitrogens is 1. The fourth-order valence-electron chi connectivity index (χ4n) is 3.56. The van der Waals surface area contributed by atoms with Crippen molar-refractivity contribution in [2.24, 2.45) is 0 Å². The largest absolute Gasteiger partial charge is 0.333 e. The highest BCUT2D eigenvalue weighted by Gasteiger charge is 2.23. The lowest BCUT2D eigenvalue weighted by Gasteiger charge is -2.11. The van der Waals surface area contributed by atoms with E-state index in [1.54, 1.807) is 34.9 Å². The molecule has 0 unspecified atom stereocenters. The maximum Gasteiger partial charge on any atom is 0.255 e. The van der Waals surface area contributed by atoms with Gasteiger partial charge in [0.25, 0.3) is 5.56 Å². The second kappa shape index (κ2) is 6.88. The fourth-order valence-corrected chi connectivity index (χ4v) is 3.56. The number of ketones is 1. The van der Waals surface area contributed by atoms with Crippen molar-refractivity contribution in [2.45, 2.75) is 13.5 Å². The van der Waals surface area contributed by atoms with Gasteiger partial charge in [0.05, 0.1) is 12.2 Å². The topological polar surface area (TPSA) is 54.9 Å². The Hall–Kier alpha value is -3.54. The highest BCUT2D eigenvalue weighted by molar-refractivity contribution is 6.10. The number of halogens is 2. The summed E-state index contributed by atoms with van der Waals surface area (Å²) in [5.41, 5.74) is 1.57. The molecule has 0 aliphatic carbocycles. The number of nitrogens with one attached hydrogen (secondary N) is 1. The number of carbonyl (C=O) groups excluding carboxylic acids is 1. The van der Waals surface area contributed by atoms with Crippen LogP contribution in [0.25, 0.3) is 22.0 Å². The van der Waals surface area contributed by atoms with Gasteiger partial charge in [0.15, 0.2) is 5.78 Å². The minimum Gasteiger partial charge on any atom is -0.333 e. The highest BCUT2D eigenvalue weighted by atomic mass is 19.1. The van der Waals surface area contributed by atoms with Gasteiger partial charge < -0.3 is 9.55 Å². The minimum atomic E-state index is -0.562. The van der Waals surface area contributed by atoms with Gasteiger partial charge in [-0.25, -0.2) is 8.78 Å². The summed E-state index contributed by atoms with van der Waals surface area (Å²) in [6.45, 7) is 1.36. The highest BCUT2D eigenvalue weighted by Crippen LogP contribution is 2.34. The number of fused-ring (bicyclic) bond motifs is 1. The Morgan fingerprint density at radius 2 is 1.86 bits per heavy atom. The lowest BCUT2D eigenvalue weighted by atomic mass is 10.0. The molecule has 0 atom stereocenters. The standard InChI is InChI=1S/C22H16F2N2O2/c1-13(27)21-20(17-6-4-10-25-22(17)28)16-5-2-3-7-19(16)26(21)12-14-11-15(23)8-9-18(14)24/h2-11H,12H2,1H3,(H,25,28). The van der Waals surface area contributed by atoms with Gasteiger partial charge in [-0.05, 0) is 36.4 Å². The summed E-state index contributed by atoms with van der Waals surface area (Å²) in [5, 5.41) is 0.696. The van der Waals surface area contributed by atoms with E-state index in [0.717, 1.165) is 18.2 Å². The Morgan fingerprint density at radius 1 is 1.07 bits per heavy atom. The van der Waals surface area contributed by atoms with Gasteiger partial charge in [0.1, 0.15) is 11.6 Å². The van der Waals surface area contributed by atoms with E-state index in [-0.39, 0.29) is 29.1 Å². The molecule has 0 aliphatic heterocycles. The molecule has 0 radical (unpaired) electrons. The third-order valence-corrected chi connectivity index (χ3v) is 4.73. The predicted octanol–water partition coefficient (Wildman–Crippen LogP) is 4.53. The average Bonchev–Trinajstić information content (AvgIpc) is 3.00. The van der Waals surface area contributed by atoms with Gasteiger partial charge in [-0.15, -0.1) is 0 Å². The molecular formula is C22H16F2N2O2. The summed E-state index contributed by atoms with van der Waals surface area (Å²) in [4.78, 5) is 27.6. The number of aromatic nitrogens is 2. The van der Waals surface area contributed by atoms with Crippen LogP contribution in [0.4, 0.5) is 8.78 Å². The molecule has 0 spiro atoms. The van der Waals surface area contributed by atoms with Crippen molar-refractivity contribution < 1.29 is 13.6 Å². The third kappa shape index (κ3) is 2.93. The molecule has 6 heteroatoms. The van der Waals surface area contributed by atoms with Crippen LogP contribution in [0.1, 0.15) is 23.0 Å². The molecule has 0 bridgehead atoms. The number of rotatable bonds is 4. The maximum atomic E-state index is 14.3. The molecule has 4 nitrogen and oxygen atoms in total. The zero-order valence-electron chi connectivity index (χ0n) is 15.0. The van der Waals surface area contributed by atoms with Crippen LogP contribution < -0.4 is 5.56 Å². The summed E-state index contributed by atoms with van der Waals surface area (Å²) < 4.78 is 29.6. The van der Waals surface area contributed by atoms with Crippen LogP contribution in [0.5, 0.6) is 0 Å². The van der Waals surface area contributed by atoms with E-state index in [1.807, 2.05) is 6.07 Å².